The van der Waals surface area contributed by atoms with Crippen LogP contribution in [0.1, 0.15) is 25.8 Å². The summed E-state index contributed by atoms with van der Waals surface area (Å²) in [5.74, 6) is -0.709. The molecule has 1 amide bonds. The van der Waals surface area contributed by atoms with Crippen molar-refractivity contribution in [3.8, 4) is 0 Å². The highest BCUT2D eigenvalue weighted by Gasteiger charge is 2.18. The molecule has 5 heteroatoms. The van der Waals surface area contributed by atoms with Crippen LogP contribution in [0.25, 0.3) is 6.08 Å². The van der Waals surface area contributed by atoms with Crippen LogP contribution in [0.3, 0.4) is 0 Å². The number of aliphatic hydroxyl groups is 1. The number of rotatable bonds is 5. The van der Waals surface area contributed by atoms with Gasteiger partial charge in [-0.2, -0.15) is 0 Å². The molecule has 0 bridgehead atoms. The molecule has 0 spiro atoms. The Balaban J connectivity index is 2.71. The number of nitrogens with one attached hydrogen (secondary N) is 1. The Bertz CT molecular complexity index is 486. The van der Waals surface area contributed by atoms with Gasteiger partial charge < -0.3 is 10.4 Å². The first kappa shape index (κ1) is 15.9. The minimum Gasteiger partial charge on any atom is -0.396 e. The molecule has 0 fully saturated rings. The van der Waals surface area contributed by atoms with E-state index in [-0.39, 0.29) is 18.3 Å². The van der Waals surface area contributed by atoms with E-state index < -0.39 is 5.54 Å². The maximum Gasteiger partial charge on any atom is 0.244 e. The zero-order chi connectivity index (χ0) is 14.5. The van der Waals surface area contributed by atoms with E-state index in [0.29, 0.717) is 12.0 Å². The monoisotopic (exact) mass is 329 g/mol. The zero-order valence-electron chi connectivity index (χ0n) is 10.9. The van der Waals surface area contributed by atoms with Crippen molar-refractivity contribution in [3.63, 3.8) is 0 Å². The van der Waals surface area contributed by atoms with Crippen molar-refractivity contribution in [2.45, 2.75) is 25.8 Å². The minimum absolute atomic E-state index is 0.00272. The van der Waals surface area contributed by atoms with Gasteiger partial charge in [0.15, 0.2) is 0 Å². The van der Waals surface area contributed by atoms with Gasteiger partial charge >= 0.3 is 0 Å². The van der Waals surface area contributed by atoms with Crippen molar-refractivity contribution in [2.24, 2.45) is 0 Å². The molecule has 0 atom stereocenters. The molecule has 0 aliphatic heterocycles. The molecule has 0 heterocycles. The largest absolute Gasteiger partial charge is 0.396 e. The fourth-order valence-electron chi connectivity index (χ4n) is 1.52. The summed E-state index contributed by atoms with van der Waals surface area (Å²) >= 11 is 3.24. The van der Waals surface area contributed by atoms with Gasteiger partial charge in [-0.05, 0) is 44.5 Å². The average molecular weight is 330 g/mol. The van der Waals surface area contributed by atoms with E-state index in [1.165, 1.54) is 18.2 Å². The fourth-order valence-corrected chi connectivity index (χ4v) is 1.90. The molecule has 0 saturated carbocycles. The molecule has 19 heavy (non-hydrogen) atoms. The molecular weight excluding hydrogens is 313 g/mol. The third kappa shape index (κ3) is 5.53. The van der Waals surface area contributed by atoms with Gasteiger partial charge in [-0.25, -0.2) is 4.39 Å². The first-order chi connectivity index (χ1) is 8.84. The van der Waals surface area contributed by atoms with E-state index in [1.807, 2.05) is 13.8 Å². The molecule has 0 saturated heterocycles. The smallest absolute Gasteiger partial charge is 0.244 e. The number of halogens is 2. The number of carbonyl (C=O) groups excluding carboxylic acids is 1. The van der Waals surface area contributed by atoms with Crippen molar-refractivity contribution >= 4 is 27.9 Å². The normalized spacial score (nSPS) is 11.8. The third-order valence-electron chi connectivity index (χ3n) is 2.57. The molecule has 0 aliphatic rings. The second-order valence-corrected chi connectivity index (χ2v) is 5.76. The Kier molecular flexibility index (Phi) is 5.69. The van der Waals surface area contributed by atoms with Crippen molar-refractivity contribution < 1.29 is 14.3 Å². The summed E-state index contributed by atoms with van der Waals surface area (Å²) in [6, 6.07) is 4.52. The van der Waals surface area contributed by atoms with Crippen LogP contribution in [0.2, 0.25) is 0 Å². The topological polar surface area (TPSA) is 49.3 Å². The molecule has 1 rings (SSSR count). The summed E-state index contributed by atoms with van der Waals surface area (Å²) in [7, 11) is 0. The first-order valence-electron chi connectivity index (χ1n) is 5.90. The maximum absolute atomic E-state index is 13.4. The summed E-state index contributed by atoms with van der Waals surface area (Å²) < 4.78 is 14.2. The van der Waals surface area contributed by atoms with Gasteiger partial charge in [0, 0.05) is 28.3 Å². The van der Waals surface area contributed by atoms with E-state index in [4.69, 9.17) is 5.11 Å². The van der Waals surface area contributed by atoms with E-state index in [1.54, 1.807) is 12.1 Å². The van der Waals surface area contributed by atoms with E-state index >= 15 is 0 Å². The van der Waals surface area contributed by atoms with Gasteiger partial charge in [-0.1, -0.05) is 15.9 Å². The second kappa shape index (κ2) is 6.82. The quantitative estimate of drug-likeness (QED) is 0.816. The zero-order valence-corrected chi connectivity index (χ0v) is 12.5. The summed E-state index contributed by atoms with van der Waals surface area (Å²) in [5, 5.41) is 11.6. The number of aliphatic hydroxyl groups excluding tert-OH is 1. The van der Waals surface area contributed by atoms with Crippen LogP contribution in [0.15, 0.2) is 28.7 Å². The summed E-state index contributed by atoms with van der Waals surface area (Å²) in [6.07, 6.45) is 3.16. The van der Waals surface area contributed by atoms with E-state index in [0.717, 1.165) is 4.47 Å². The molecule has 1 aromatic carbocycles. The summed E-state index contributed by atoms with van der Waals surface area (Å²) in [4.78, 5) is 11.7. The lowest BCUT2D eigenvalue weighted by atomic mass is 10.0. The molecule has 104 valence electrons. The highest BCUT2D eigenvalue weighted by atomic mass is 79.9. The first-order valence-corrected chi connectivity index (χ1v) is 6.69. The SMILES string of the molecule is CC(C)(CCO)NC(=O)/C=C/c1cc(Br)ccc1F. The maximum atomic E-state index is 13.4. The van der Waals surface area contributed by atoms with Crippen LogP contribution in [-0.2, 0) is 4.79 Å². The van der Waals surface area contributed by atoms with Crippen LogP contribution in [-0.4, -0.2) is 23.2 Å². The fraction of sp³-hybridized carbons (Fsp3) is 0.357. The van der Waals surface area contributed by atoms with Crippen LogP contribution < -0.4 is 5.32 Å². The Morgan fingerprint density at radius 1 is 1.53 bits per heavy atom. The van der Waals surface area contributed by atoms with Crippen molar-refractivity contribution in [3.05, 3.63) is 40.1 Å². The minimum atomic E-state index is -0.494. The molecule has 3 nitrogen and oxygen atoms in total. The second-order valence-electron chi connectivity index (χ2n) is 4.85. The van der Waals surface area contributed by atoms with Crippen LogP contribution >= 0.6 is 15.9 Å². The predicted molar refractivity (Wildman–Crippen MR) is 77.1 cm³/mol. The molecule has 1 aromatic rings. The van der Waals surface area contributed by atoms with E-state index in [2.05, 4.69) is 21.2 Å². The van der Waals surface area contributed by atoms with Gasteiger partial charge in [-0.15, -0.1) is 0 Å². The van der Waals surface area contributed by atoms with Gasteiger partial charge in [0.25, 0.3) is 0 Å². The standard InChI is InChI=1S/C14H17BrFNO2/c1-14(2,7-8-18)17-13(19)6-3-10-9-11(15)4-5-12(10)16/h3-6,9,18H,7-8H2,1-2H3,(H,17,19)/b6-3+. The molecule has 0 aromatic heterocycles. The lowest BCUT2D eigenvalue weighted by molar-refractivity contribution is -0.118. The van der Waals surface area contributed by atoms with Crippen LogP contribution in [0, 0.1) is 5.82 Å². The molecular formula is C14H17BrFNO2. The van der Waals surface area contributed by atoms with Crippen molar-refractivity contribution in [1.29, 1.82) is 0 Å². The van der Waals surface area contributed by atoms with Crippen molar-refractivity contribution in [1.82, 2.24) is 5.32 Å². The number of hydrogen-bond acceptors (Lipinski definition) is 2. The molecule has 2 N–H and O–H groups in total. The van der Waals surface area contributed by atoms with Crippen molar-refractivity contribution in [2.75, 3.05) is 6.61 Å². The van der Waals surface area contributed by atoms with Gasteiger partial charge in [0.05, 0.1) is 0 Å². The Morgan fingerprint density at radius 2 is 2.21 bits per heavy atom. The third-order valence-corrected chi connectivity index (χ3v) is 3.06. The average Bonchev–Trinajstić information content (AvgIpc) is 2.29. The highest BCUT2D eigenvalue weighted by Crippen LogP contribution is 2.16. The highest BCUT2D eigenvalue weighted by molar-refractivity contribution is 9.10. The van der Waals surface area contributed by atoms with E-state index in [9.17, 15) is 9.18 Å². The molecule has 0 aliphatic carbocycles. The summed E-state index contributed by atoms with van der Waals surface area (Å²) in [5.41, 5.74) is -0.157. The Morgan fingerprint density at radius 3 is 2.84 bits per heavy atom. The van der Waals surface area contributed by atoms with Gasteiger partial charge in [0.1, 0.15) is 5.82 Å². The lowest BCUT2D eigenvalue weighted by Crippen LogP contribution is -2.43. The Labute approximate surface area is 120 Å². The van der Waals surface area contributed by atoms with Gasteiger partial charge in [-0.3, -0.25) is 4.79 Å². The molecule has 0 unspecified atom stereocenters. The lowest BCUT2D eigenvalue weighted by Gasteiger charge is -2.24. The van der Waals surface area contributed by atoms with Crippen LogP contribution in [0.4, 0.5) is 4.39 Å². The number of amides is 1. The summed E-state index contributed by atoms with van der Waals surface area (Å²) in [6.45, 7) is 3.63. The van der Waals surface area contributed by atoms with Gasteiger partial charge in [0.2, 0.25) is 5.91 Å². The number of hydrogen-bond donors (Lipinski definition) is 2. The number of carbonyl (C=O) groups is 1. The molecule has 0 radical (unpaired) electrons. The Hall–Kier alpha value is -1.20. The number of benzene rings is 1. The predicted octanol–water partition coefficient (Wildman–Crippen LogP) is 2.88. The van der Waals surface area contributed by atoms with Crippen LogP contribution in [0.5, 0.6) is 0 Å².